The monoisotopic (exact) mass is 244 g/mol. The van der Waals surface area contributed by atoms with E-state index in [1.165, 1.54) is 6.20 Å². The summed E-state index contributed by atoms with van der Waals surface area (Å²) in [6.07, 6.45) is 1.23. The molecule has 1 aromatic heterocycles. The van der Waals surface area contributed by atoms with Gasteiger partial charge in [-0.3, -0.25) is 0 Å². The van der Waals surface area contributed by atoms with Gasteiger partial charge >= 0.3 is 11.9 Å². The van der Waals surface area contributed by atoms with Crippen molar-refractivity contribution < 1.29 is 18.8 Å². The molecule has 0 bridgehead atoms. The molecule has 1 rings (SSSR count). The van der Waals surface area contributed by atoms with Crippen LogP contribution in [0.25, 0.3) is 0 Å². The van der Waals surface area contributed by atoms with Gasteiger partial charge in [-0.1, -0.05) is 5.16 Å². The Bertz CT molecular complexity index is 389. The number of aromatic nitrogens is 1. The molecule has 7 heteroatoms. The van der Waals surface area contributed by atoms with Gasteiger partial charge in [-0.05, 0) is 19.1 Å². The molecule has 0 radical (unpaired) electrons. The highest BCUT2D eigenvalue weighted by molar-refractivity contribution is 7.80. The number of carbonyl (C=O) groups is 1. The summed E-state index contributed by atoms with van der Waals surface area (Å²) in [7, 11) is 3.42. The average Bonchev–Trinajstić information content (AvgIpc) is 2.66. The zero-order valence-corrected chi connectivity index (χ0v) is 10.0. The number of carbonyl (C=O) groups excluding carboxylic acids is 1. The molecule has 0 unspecified atom stereocenters. The molecule has 16 heavy (non-hydrogen) atoms. The summed E-state index contributed by atoms with van der Waals surface area (Å²) in [5.74, 6) is -0.613. The molecule has 1 heterocycles. The number of hydrogen-bond donors (Lipinski definition) is 0. The van der Waals surface area contributed by atoms with E-state index >= 15 is 0 Å². The highest BCUT2D eigenvalue weighted by Gasteiger charge is 2.20. The largest absolute Gasteiger partial charge is 0.462 e. The van der Waals surface area contributed by atoms with Crippen LogP contribution in [0.5, 0.6) is 5.95 Å². The average molecular weight is 244 g/mol. The van der Waals surface area contributed by atoms with E-state index in [1.54, 1.807) is 25.9 Å². The molecule has 0 aliphatic rings. The second kappa shape index (κ2) is 5.45. The molecule has 0 N–H and O–H groups in total. The lowest BCUT2D eigenvalue weighted by Crippen LogP contribution is -2.25. The SMILES string of the molecule is CCOC(=O)c1cnoc1OC(=S)N(C)C. The first-order valence-corrected chi connectivity index (χ1v) is 4.98. The van der Waals surface area contributed by atoms with E-state index in [9.17, 15) is 4.79 Å². The van der Waals surface area contributed by atoms with Crippen LogP contribution in [0.4, 0.5) is 0 Å². The van der Waals surface area contributed by atoms with Gasteiger partial charge in [0, 0.05) is 14.1 Å². The topological polar surface area (TPSA) is 64.8 Å². The summed E-state index contributed by atoms with van der Waals surface area (Å²) in [4.78, 5) is 13.0. The summed E-state index contributed by atoms with van der Waals surface area (Å²) in [5, 5.41) is 3.63. The Kier molecular flexibility index (Phi) is 4.24. The lowest BCUT2D eigenvalue weighted by atomic mass is 10.3. The minimum absolute atomic E-state index is 0.0582. The van der Waals surface area contributed by atoms with Gasteiger partial charge in [-0.25, -0.2) is 4.79 Å². The Labute approximate surface area is 98.1 Å². The van der Waals surface area contributed by atoms with Crippen LogP contribution in [0.1, 0.15) is 17.3 Å². The Morgan fingerprint density at radius 1 is 1.62 bits per heavy atom. The molecule has 0 atom stereocenters. The van der Waals surface area contributed by atoms with E-state index in [1.807, 2.05) is 0 Å². The first-order chi connectivity index (χ1) is 7.56. The number of rotatable bonds is 3. The van der Waals surface area contributed by atoms with Crippen molar-refractivity contribution in [2.75, 3.05) is 20.7 Å². The quantitative estimate of drug-likeness (QED) is 0.582. The fraction of sp³-hybridized carbons (Fsp3) is 0.444. The molecule has 0 aromatic carbocycles. The second-order valence-corrected chi connectivity index (χ2v) is 3.36. The van der Waals surface area contributed by atoms with Crippen molar-refractivity contribution >= 4 is 23.4 Å². The van der Waals surface area contributed by atoms with Crippen LogP contribution in [0.3, 0.4) is 0 Å². The van der Waals surface area contributed by atoms with E-state index in [-0.39, 0.29) is 23.3 Å². The van der Waals surface area contributed by atoms with E-state index in [4.69, 9.17) is 26.2 Å². The summed E-state index contributed by atoms with van der Waals surface area (Å²) >= 11 is 4.90. The van der Waals surface area contributed by atoms with Crippen LogP contribution in [-0.2, 0) is 4.74 Å². The zero-order valence-electron chi connectivity index (χ0n) is 9.22. The predicted octanol–water partition coefficient (Wildman–Crippen LogP) is 1.08. The fourth-order valence-corrected chi connectivity index (χ4v) is 0.894. The van der Waals surface area contributed by atoms with Crippen molar-refractivity contribution in [2.45, 2.75) is 6.92 Å². The van der Waals surface area contributed by atoms with Crippen LogP contribution in [0, 0.1) is 0 Å². The molecule has 88 valence electrons. The Morgan fingerprint density at radius 3 is 2.88 bits per heavy atom. The fourth-order valence-electron chi connectivity index (χ4n) is 0.818. The lowest BCUT2D eigenvalue weighted by Gasteiger charge is -2.12. The van der Waals surface area contributed by atoms with Gasteiger partial charge in [0.05, 0.1) is 12.8 Å². The third kappa shape index (κ3) is 2.93. The number of ether oxygens (including phenoxy) is 2. The Balaban J connectivity index is 2.78. The van der Waals surface area contributed by atoms with E-state index in [2.05, 4.69) is 5.16 Å². The predicted molar refractivity (Wildman–Crippen MR) is 59.4 cm³/mol. The standard InChI is InChI=1S/C9H12N2O4S/c1-4-13-7(12)6-5-10-15-8(6)14-9(16)11(2)3/h5H,4H2,1-3H3. The molecule has 0 spiro atoms. The summed E-state index contributed by atoms with van der Waals surface area (Å²) in [6, 6.07) is 0. The number of hydrogen-bond acceptors (Lipinski definition) is 6. The molecule has 6 nitrogen and oxygen atoms in total. The molecule has 0 saturated carbocycles. The summed E-state index contributed by atoms with van der Waals surface area (Å²) in [5.41, 5.74) is 0.117. The van der Waals surface area contributed by atoms with Crippen LogP contribution >= 0.6 is 12.2 Å². The zero-order chi connectivity index (χ0) is 12.1. The van der Waals surface area contributed by atoms with Crippen molar-refractivity contribution in [3.63, 3.8) is 0 Å². The normalized spacial score (nSPS) is 9.69. The molecule has 0 aliphatic carbocycles. The van der Waals surface area contributed by atoms with E-state index in [0.29, 0.717) is 0 Å². The van der Waals surface area contributed by atoms with Crippen molar-refractivity contribution in [3.8, 4) is 5.95 Å². The first-order valence-electron chi connectivity index (χ1n) is 4.57. The van der Waals surface area contributed by atoms with E-state index in [0.717, 1.165) is 0 Å². The third-order valence-corrected chi connectivity index (χ3v) is 2.03. The summed E-state index contributed by atoms with van der Waals surface area (Å²) in [6.45, 7) is 1.97. The van der Waals surface area contributed by atoms with E-state index < -0.39 is 5.97 Å². The van der Waals surface area contributed by atoms with Gasteiger partial charge in [0.1, 0.15) is 0 Å². The van der Waals surface area contributed by atoms with Gasteiger partial charge in [-0.2, -0.15) is 0 Å². The van der Waals surface area contributed by atoms with Crippen LogP contribution in [-0.4, -0.2) is 41.9 Å². The first kappa shape index (κ1) is 12.4. The highest BCUT2D eigenvalue weighted by Crippen LogP contribution is 2.19. The molecule has 0 fully saturated rings. The maximum Gasteiger partial charge on any atom is 0.347 e. The van der Waals surface area contributed by atoms with Gasteiger partial charge in [0.15, 0.2) is 5.56 Å². The highest BCUT2D eigenvalue weighted by atomic mass is 32.1. The van der Waals surface area contributed by atoms with Crippen LogP contribution in [0.15, 0.2) is 10.7 Å². The van der Waals surface area contributed by atoms with Crippen molar-refractivity contribution in [1.82, 2.24) is 10.1 Å². The number of nitrogens with zero attached hydrogens (tertiary/aromatic N) is 2. The summed E-state index contributed by atoms with van der Waals surface area (Å²) < 4.78 is 14.7. The molecular weight excluding hydrogens is 232 g/mol. The van der Waals surface area contributed by atoms with Crippen LogP contribution < -0.4 is 4.74 Å². The van der Waals surface area contributed by atoms with Crippen LogP contribution in [0.2, 0.25) is 0 Å². The Hall–Kier alpha value is -1.63. The third-order valence-electron chi connectivity index (χ3n) is 1.58. The maximum absolute atomic E-state index is 11.4. The van der Waals surface area contributed by atoms with Crippen molar-refractivity contribution in [3.05, 3.63) is 11.8 Å². The maximum atomic E-state index is 11.4. The minimum Gasteiger partial charge on any atom is -0.462 e. The Morgan fingerprint density at radius 2 is 2.31 bits per heavy atom. The minimum atomic E-state index is -0.555. The van der Waals surface area contributed by atoms with Crippen molar-refractivity contribution in [1.29, 1.82) is 0 Å². The molecule has 0 amide bonds. The van der Waals surface area contributed by atoms with Gasteiger partial charge in [0.25, 0.3) is 5.17 Å². The van der Waals surface area contributed by atoms with Crippen molar-refractivity contribution in [2.24, 2.45) is 0 Å². The van der Waals surface area contributed by atoms with Gasteiger partial charge in [0.2, 0.25) is 0 Å². The lowest BCUT2D eigenvalue weighted by molar-refractivity contribution is 0.0522. The number of thiocarbonyl (C=S) groups is 1. The van der Waals surface area contributed by atoms with Gasteiger partial charge < -0.3 is 18.9 Å². The number of esters is 1. The smallest absolute Gasteiger partial charge is 0.347 e. The molecular formula is C9H12N2O4S. The molecule has 0 aliphatic heterocycles. The molecule has 1 aromatic rings. The van der Waals surface area contributed by atoms with Gasteiger partial charge in [-0.15, -0.1) is 0 Å². The molecule has 0 saturated heterocycles. The second-order valence-electron chi connectivity index (χ2n) is 3.01.